The molecule has 1 unspecified atom stereocenters. The highest BCUT2D eigenvalue weighted by Gasteiger charge is 2.33. The number of benzene rings is 1. The molecule has 0 heterocycles. The zero-order valence-corrected chi connectivity index (χ0v) is 7.01. The van der Waals surface area contributed by atoms with Crippen LogP contribution in [0.1, 0.15) is 17.0 Å². The fraction of sp³-hybridized carbons (Fsp3) is 0.222. The van der Waals surface area contributed by atoms with Crippen molar-refractivity contribution in [3.05, 3.63) is 34.3 Å². The molecule has 1 aliphatic carbocycles. The molecule has 0 saturated carbocycles. The van der Waals surface area contributed by atoms with E-state index < -0.39 is 5.97 Å². The van der Waals surface area contributed by atoms with Crippen LogP contribution >= 0.6 is 11.6 Å². The quantitative estimate of drug-likeness (QED) is 0.722. The molecule has 2 rings (SSSR count). The molecular weight excluding hydrogens is 176 g/mol. The Balaban J connectivity index is 2.42. The van der Waals surface area contributed by atoms with Crippen LogP contribution in [0.2, 0.25) is 5.02 Å². The summed E-state index contributed by atoms with van der Waals surface area (Å²) in [6.45, 7) is 0. The van der Waals surface area contributed by atoms with Crippen molar-refractivity contribution in [3.8, 4) is 0 Å². The highest BCUT2D eigenvalue weighted by molar-refractivity contribution is 6.31. The molecule has 0 amide bonds. The van der Waals surface area contributed by atoms with Gasteiger partial charge in [0.1, 0.15) is 0 Å². The van der Waals surface area contributed by atoms with Crippen LogP contribution in [0.4, 0.5) is 0 Å². The van der Waals surface area contributed by atoms with Gasteiger partial charge >= 0.3 is 5.97 Å². The van der Waals surface area contributed by atoms with Crippen LogP contribution in [0.5, 0.6) is 0 Å². The van der Waals surface area contributed by atoms with Gasteiger partial charge in [0, 0.05) is 5.02 Å². The molecule has 0 saturated heterocycles. The van der Waals surface area contributed by atoms with E-state index in [4.69, 9.17) is 16.7 Å². The normalized spacial score (nSPS) is 19.6. The smallest absolute Gasteiger partial charge is 0.311 e. The standard InChI is InChI=1S/C9H7ClO2/c10-8-3-1-2-5-6(8)4-7(5)9(11)12/h1-3,7H,4H2,(H,11,12). The first-order valence-electron chi connectivity index (χ1n) is 3.70. The maximum atomic E-state index is 10.6. The summed E-state index contributed by atoms with van der Waals surface area (Å²) in [6, 6.07) is 5.40. The van der Waals surface area contributed by atoms with Gasteiger partial charge in [-0.15, -0.1) is 0 Å². The Kier molecular flexibility index (Phi) is 1.58. The second-order valence-corrected chi connectivity index (χ2v) is 3.31. The highest BCUT2D eigenvalue weighted by Crippen LogP contribution is 2.39. The van der Waals surface area contributed by atoms with E-state index in [9.17, 15) is 4.79 Å². The number of fused-ring (bicyclic) bond motifs is 1. The molecule has 12 heavy (non-hydrogen) atoms. The molecule has 0 aromatic heterocycles. The minimum atomic E-state index is -0.759. The van der Waals surface area contributed by atoms with Crippen LogP contribution in [0.3, 0.4) is 0 Å². The first kappa shape index (κ1) is 7.62. The number of carboxylic acid groups (broad SMARTS) is 1. The highest BCUT2D eigenvalue weighted by atomic mass is 35.5. The number of rotatable bonds is 1. The summed E-state index contributed by atoms with van der Waals surface area (Å²) in [4.78, 5) is 10.6. The third kappa shape index (κ3) is 0.916. The van der Waals surface area contributed by atoms with E-state index in [0.717, 1.165) is 11.1 Å². The van der Waals surface area contributed by atoms with Gasteiger partial charge in [-0.25, -0.2) is 0 Å². The van der Waals surface area contributed by atoms with Gasteiger partial charge in [-0.1, -0.05) is 23.7 Å². The lowest BCUT2D eigenvalue weighted by molar-refractivity contribution is -0.139. The van der Waals surface area contributed by atoms with Crippen molar-refractivity contribution < 1.29 is 9.90 Å². The Morgan fingerprint density at radius 2 is 2.33 bits per heavy atom. The van der Waals surface area contributed by atoms with E-state index in [1.54, 1.807) is 12.1 Å². The van der Waals surface area contributed by atoms with E-state index in [1.807, 2.05) is 6.07 Å². The third-order valence-corrected chi connectivity index (χ3v) is 2.59. The van der Waals surface area contributed by atoms with E-state index >= 15 is 0 Å². The molecule has 0 bridgehead atoms. The molecule has 3 heteroatoms. The average molecular weight is 183 g/mol. The Bertz CT molecular complexity index is 346. The first-order chi connectivity index (χ1) is 5.70. The van der Waals surface area contributed by atoms with Crippen LogP contribution in [-0.2, 0) is 11.2 Å². The SMILES string of the molecule is O=C(O)C1Cc2c(Cl)cccc21. The van der Waals surface area contributed by atoms with E-state index in [-0.39, 0.29) is 5.92 Å². The van der Waals surface area contributed by atoms with Crippen LogP contribution < -0.4 is 0 Å². The number of carboxylic acids is 1. The predicted octanol–water partition coefficient (Wildman–Crippen LogP) is 2.06. The van der Waals surface area contributed by atoms with Crippen LogP contribution in [-0.4, -0.2) is 11.1 Å². The summed E-state index contributed by atoms with van der Waals surface area (Å²) in [5.41, 5.74) is 1.86. The van der Waals surface area contributed by atoms with Crippen molar-refractivity contribution in [1.29, 1.82) is 0 Å². The topological polar surface area (TPSA) is 37.3 Å². The molecule has 1 aromatic carbocycles. The van der Waals surface area contributed by atoms with E-state index in [1.165, 1.54) is 0 Å². The van der Waals surface area contributed by atoms with Crippen LogP contribution in [0.25, 0.3) is 0 Å². The molecule has 1 atom stereocenters. The zero-order valence-electron chi connectivity index (χ0n) is 6.25. The molecular formula is C9H7ClO2. The van der Waals surface area contributed by atoms with Crippen molar-refractivity contribution in [2.75, 3.05) is 0 Å². The van der Waals surface area contributed by atoms with Crippen molar-refractivity contribution >= 4 is 17.6 Å². The van der Waals surface area contributed by atoms with Gasteiger partial charge in [-0.3, -0.25) is 4.79 Å². The largest absolute Gasteiger partial charge is 0.481 e. The average Bonchev–Trinajstić information content (AvgIpc) is 1.92. The Morgan fingerprint density at radius 1 is 1.58 bits per heavy atom. The summed E-state index contributed by atoms with van der Waals surface area (Å²) in [5, 5.41) is 9.41. The Hall–Kier alpha value is -1.02. The van der Waals surface area contributed by atoms with Crippen LogP contribution in [0, 0.1) is 0 Å². The molecule has 1 aromatic rings. The molecule has 1 N–H and O–H groups in total. The van der Waals surface area contributed by atoms with Gasteiger partial charge in [-0.05, 0) is 23.6 Å². The molecule has 0 radical (unpaired) electrons. The summed E-state index contributed by atoms with van der Waals surface area (Å²) in [7, 11) is 0. The van der Waals surface area contributed by atoms with E-state index in [0.29, 0.717) is 11.4 Å². The summed E-state index contributed by atoms with van der Waals surface area (Å²) in [5.74, 6) is -1.09. The molecule has 62 valence electrons. The van der Waals surface area contributed by atoms with Crippen molar-refractivity contribution in [3.63, 3.8) is 0 Å². The Labute approximate surface area is 74.8 Å². The monoisotopic (exact) mass is 182 g/mol. The Morgan fingerprint density at radius 3 is 3.00 bits per heavy atom. The molecule has 2 nitrogen and oxygen atoms in total. The number of hydrogen-bond acceptors (Lipinski definition) is 1. The minimum absolute atomic E-state index is 0.335. The van der Waals surface area contributed by atoms with E-state index in [2.05, 4.69) is 0 Å². The number of halogens is 1. The van der Waals surface area contributed by atoms with Crippen molar-refractivity contribution in [2.45, 2.75) is 12.3 Å². The predicted molar refractivity (Wildman–Crippen MR) is 45.5 cm³/mol. The fourth-order valence-corrected chi connectivity index (χ4v) is 1.78. The molecule has 0 fully saturated rings. The zero-order chi connectivity index (χ0) is 8.72. The van der Waals surface area contributed by atoms with Gasteiger partial charge in [-0.2, -0.15) is 0 Å². The number of carbonyl (C=O) groups is 1. The first-order valence-corrected chi connectivity index (χ1v) is 4.08. The third-order valence-electron chi connectivity index (χ3n) is 2.24. The van der Waals surface area contributed by atoms with Gasteiger partial charge in [0.2, 0.25) is 0 Å². The van der Waals surface area contributed by atoms with Gasteiger partial charge in [0.25, 0.3) is 0 Å². The number of aliphatic carboxylic acids is 1. The molecule has 1 aliphatic rings. The maximum absolute atomic E-state index is 10.6. The van der Waals surface area contributed by atoms with Crippen molar-refractivity contribution in [2.24, 2.45) is 0 Å². The molecule has 0 spiro atoms. The summed E-state index contributed by atoms with van der Waals surface area (Å²) < 4.78 is 0. The fourth-order valence-electron chi connectivity index (χ4n) is 1.52. The van der Waals surface area contributed by atoms with Crippen LogP contribution in [0.15, 0.2) is 18.2 Å². The maximum Gasteiger partial charge on any atom is 0.311 e. The lowest BCUT2D eigenvalue weighted by Gasteiger charge is -2.27. The minimum Gasteiger partial charge on any atom is -0.481 e. The number of hydrogen-bond donors (Lipinski definition) is 1. The van der Waals surface area contributed by atoms with Crippen molar-refractivity contribution in [1.82, 2.24) is 0 Å². The van der Waals surface area contributed by atoms with Gasteiger partial charge < -0.3 is 5.11 Å². The molecule has 0 aliphatic heterocycles. The second-order valence-electron chi connectivity index (χ2n) is 2.90. The van der Waals surface area contributed by atoms with Gasteiger partial charge in [0.05, 0.1) is 5.92 Å². The van der Waals surface area contributed by atoms with Gasteiger partial charge in [0.15, 0.2) is 0 Å². The second kappa shape index (κ2) is 2.49. The lowest BCUT2D eigenvalue weighted by atomic mass is 9.78. The lowest BCUT2D eigenvalue weighted by Crippen LogP contribution is -2.24. The summed E-state index contributed by atoms with van der Waals surface area (Å²) >= 11 is 5.84. The summed E-state index contributed by atoms with van der Waals surface area (Å²) in [6.07, 6.45) is 0.574.